The zero-order chi connectivity index (χ0) is 12.8. The first-order valence-electron chi connectivity index (χ1n) is 5.24. The summed E-state index contributed by atoms with van der Waals surface area (Å²) in [7, 11) is 0. The van der Waals surface area contributed by atoms with Crippen LogP contribution in [0.3, 0.4) is 0 Å². The van der Waals surface area contributed by atoms with E-state index in [0.29, 0.717) is 18.5 Å². The van der Waals surface area contributed by atoms with E-state index in [4.69, 9.17) is 5.73 Å². The van der Waals surface area contributed by atoms with Gasteiger partial charge in [0, 0.05) is 24.7 Å². The second-order valence-corrected chi connectivity index (χ2v) is 3.70. The van der Waals surface area contributed by atoms with Crippen molar-refractivity contribution in [1.82, 2.24) is 9.55 Å². The first kappa shape index (κ1) is 13.0. The standard InChI is InChI=1S/C11H15N3O3/c1-8-7-14(11(17)13-10(8)16)6-4-2-3-5-9(12)15/h2,4,7H,3,5-6H2,1H3,(H2,12,15)(H,13,16,17). The molecule has 0 saturated carbocycles. The Bertz CT molecular complexity index is 540. The molecule has 0 bridgehead atoms. The highest BCUT2D eigenvalue weighted by molar-refractivity contribution is 5.73. The van der Waals surface area contributed by atoms with Gasteiger partial charge in [-0.3, -0.25) is 19.1 Å². The number of carbonyl (C=O) groups excluding carboxylic acids is 1. The van der Waals surface area contributed by atoms with Crippen LogP contribution < -0.4 is 17.0 Å². The van der Waals surface area contributed by atoms with Crippen molar-refractivity contribution in [2.75, 3.05) is 0 Å². The summed E-state index contributed by atoms with van der Waals surface area (Å²) >= 11 is 0. The predicted molar refractivity (Wildman–Crippen MR) is 63.6 cm³/mol. The number of hydrogen-bond donors (Lipinski definition) is 2. The first-order valence-corrected chi connectivity index (χ1v) is 5.24. The fraction of sp³-hybridized carbons (Fsp3) is 0.364. The van der Waals surface area contributed by atoms with E-state index in [9.17, 15) is 14.4 Å². The largest absolute Gasteiger partial charge is 0.370 e. The Kier molecular flexibility index (Phi) is 4.45. The maximum Gasteiger partial charge on any atom is 0.328 e. The SMILES string of the molecule is Cc1cn(CC=CCCC(N)=O)c(=O)[nH]c1=O. The van der Waals surface area contributed by atoms with Crippen LogP contribution in [0.1, 0.15) is 18.4 Å². The maximum atomic E-state index is 11.4. The molecule has 0 fully saturated rings. The zero-order valence-corrected chi connectivity index (χ0v) is 9.60. The molecule has 0 aliphatic heterocycles. The van der Waals surface area contributed by atoms with Crippen molar-refractivity contribution in [1.29, 1.82) is 0 Å². The zero-order valence-electron chi connectivity index (χ0n) is 9.60. The Balaban J connectivity index is 2.64. The molecule has 1 rings (SSSR count). The summed E-state index contributed by atoms with van der Waals surface area (Å²) in [4.78, 5) is 35.1. The number of nitrogens with one attached hydrogen (secondary N) is 1. The van der Waals surface area contributed by atoms with Crippen LogP contribution in [0, 0.1) is 6.92 Å². The lowest BCUT2D eigenvalue weighted by Crippen LogP contribution is -2.30. The van der Waals surface area contributed by atoms with E-state index >= 15 is 0 Å². The third kappa shape index (κ3) is 4.10. The van der Waals surface area contributed by atoms with Crippen molar-refractivity contribution in [3.63, 3.8) is 0 Å². The molecule has 0 spiro atoms. The average Bonchev–Trinajstić information content (AvgIpc) is 2.24. The van der Waals surface area contributed by atoms with Gasteiger partial charge in [0.25, 0.3) is 5.56 Å². The number of aromatic amines is 1. The second kappa shape index (κ2) is 5.83. The summed E-state index contributed by atoms with van der Waals surface area (Å²) in [5.41, 5.74) is 4.64. The number of nitrogens with two attached hydrogens (primary N) is 1. The number of rotatable bonds is 5. The van der Waals surface area contributed by atoms with Crippen LogP contribution >= 0.6 is 0 Å². The highest BCUT2D eigenvalue weighted by Gasteiger charge is 1.98. The van der Waals surface area contributed by atoms with Gasteiger partial charge in [-0.1, -0.05) is 12.2 Å². The number of primary amides is 1. The quantitative estimate of drug-likeness (QED) is 0.686. The van der Waals surface area contributed by atoms with E-state index < -0.39 is 5.69 Å². The van der Waals surface area contributed by atoms with Gasteiger partial charge in [-0.2, -0.15) is 0 Å². The number of hydrogen-bond acceptors (Lipinski definition) is 3. The summed E-state index contributed by atoms with van der Waals surface area (Å²) in [6.07, 6.45) is 5.86. The smallest absolute Gasteiger partial charge is 0.328 e. The van der Waals surface area contributed by atoms with E-state index in [1.807, 2.05) is 0 Å². The van der Waals surface area contributed by atoms with Crippen LogP contribution in [0.5, 0.6) is 0 Å². The van der Waals surface area contributed by atoms with E-state index in [2.05, 4.69) is 4.98 Å². The lowest BCUT2D eigenvalue weighted by molar-refractivity contribution is -0.117. The Morgan fingerprint density at radius 2 is 2.18 bits per heavy atom. The van der Waals surface area contributed by atoms with Gasteiger partial charge in [0.1, 0.15) is 0 Å². The van der Waals surface area contributed by atoms with Crippen molar-refractivity contribution in [2.45, 2.75) is 26.3 Å². The summed E-state index contributed by atoms with van der Waals surface area (Å²) in [6.45, 7) is 1.99. The highest BCUT2D eigenvalue weighted by atomic mass is 16.2. The topological polar surface area (TPSA) is 97.9 Å². The molecule has 0 aliphatic rings. The van der Waals surface area contributed by atoms with E-state index in [-0.39, 0.29) is 17.9 Å². The second-order valence-electron chi connectivity index (χ2n) is 3.70. The molecular formula is C11H15N3O3. The lowest BCUT2D eigenvalue weighted by atomic mass is 10.3. The molecule has 0 saturated heterocycles. The van der Waals surface area contributed by atoms with Crippen molar-refractivity contribution in [3.8, 4) is 0 Å². The van der Waals surface area contributed by atoms with E-state index in [0.717, 1.165) is 0 Å². The monoisotopic (exact) mass is 237 g/mol. The molecule has 0 aromatic carbocycles. The molecule has 92 valence electrons. The Hall–Kier alpha value is -2.11. The van der Waals surface area contributed by atoms with Crippen molar-refractivity contribution in [3.05, 3.63) is 44.8 Å². The minimum atomic E-state index is -0.444. The summed E-state index contributed by atoms with van der Waals surface area (Å²) in [5.74, 6) is -0.355. The number of aromatic nitrogens is 2. The number of amides is 1. The van der Waals surface area contributed by atoms with Gasteiger partial charge >= 0.3 is 5.69 Å². The summed E-state index contributed by atoms with van der Waals surface area (Å²) in [6, 6.07) is 0. The molecule has 6 nitrogen and oxygen atoms in total. The van der Waals surface area contributed by atoms with Gasteiger partial charge in [0.05, 0.1) is 0 Å². The third-order valence-corrected chi connectivity index (χ3v) is 2.22. The number of carbonyl (C=O) groups is 1. The maximum absolute atomic E-state index is 11.4. The number of H-pyrrole nitrogens is 1. The molecule has 1 amide bonds. The number of nitrogens with zero attached hydrogens (tertiary/aromatic N) is 1. The summed E-state index contributed by atoms with van der Waals surface area (Å²) < 4.78 is 1.39. The van der Waals surface area contributed by atoms with Gasteiger partial charge < -0.3 is 5.73 Å². The molecule has 17 heavy (non-hydrogen) atoms. The Morgan fingerprint density at radius 1 is 1.47 bits per heavy atom. The van der Waals surface area contributed by atoms with Crippen LogP contribution in [-0.4, -0.2) is 15.5 Å². The highest BCUT2D eigenvalue weighted by Crippen LogP contribution is 1.91. The molecule has 1 aromatic rings. The van der Waals surface area contributed by atoms with Gasteiger partial charge in [0.2, 0.25) is 5.91 Å². The van der Waals surface area contributed by atoms with Crippen molar-refractivity contribution in [2.24, 2.45) is 5.73 Å². The Labute approximate surface area is 97.8 Å². The van der Waals surface area contributed by atoms with Crippen LogP contribution in [-0.2, 0) is 11.3 Å². The molecule has 0 radical (unpaired) electrons. The third-order valence-electron chi connectivity index (χ3n) is 2.22. The van der Waals surface area contributed by atoms with Crippen LogP contribution in [0.25, 0.3) is 0 Å². The number of allylic oxidation sites excluding steroid dienone is 2. The first-order chi connectivity index (χ1) is 8.00. The predicted octanol–water partition coefficient (Wildman–Crippen LogP) is -0.333. The molecule has 6 heteroatoms. The van der Waals surface area contributed by atoms with Gasteiger partial charge in [-0.05, 0) is 13.3 Å². The van der Waals surface area contributed by atoms with Crippen LogP contribution in [0.4, 0.5) is 0 Å². The average molecular weight is 237 g/mol. The van der Waals surface area contributed by atoms with E-state index in [1.54, 1.807) is 19.1 Å². The van der Waals surface area contributed by atoms with E-state index in [1.165, 1.54) is 10.8 Å². The van der Waals surface area contributed by atoms with Crippen molar-refractivity contribution >= 4 is 5.91 Å². The normalized spacial score (nSPS) is 10.9. The Morgan fingerprint density at radius 3 is 2.82 bits per heavy atom. The minimum Gasteiger partial charge on any atom is -0.370 e. The van der Waals surface area contributed by atoms with Gasteiger partial charge in [-0.25, -0.2) is 4.79 Å². The van der Waals surface area contributed by atoms with Gasteiger partial charge in [0.15, 0.2) is 0 Å². The fourth-order valence-electron chi connectivity index (χ4n) is 1.29. The molecule has 0 atom stereocenters. The minimum absolute atomic E-state index is 0.288. The van der Waals surface area contributed by atoms with Gasteiger partial charge in [-0.15, -0.1) is 0 Å². The molecule has 1 aromatic heterocycles. The van der Waals surface area contributed by atoms with Crippen molar-refractivity contribution < 1.29 is 4.79 Å². The number of aryl methyl sites for hydroxylation is 1. The van der Waals surface area contributed by atoms with Crippen LogP contribution in [0.2, 0.25) is 0 Å². The molecular weight excluding hydrogens is 222 g/mol. The van der Waals surface area contributed by atoms with Crippen LogP contribution in [0.15, 0.2) is 27.9 Å². The molecule has 3 N–H and O–H groups in total. The molecule has 1 heterocycles. The fourth-order valence-corrected chi connectivity index (χ4v) is 1.29. The molecule has 0 aliphatic carbocycles. The lowest BCUT2D eigenvalue weighted by Gasteiger charge is -2.01. The molecule has 0 unspecified atom stereocenters. The summed E-state index contributed by atoms with van der Waals surface area (Å²) in [5, 5.41) is 0.